The molecule has 8 nitrogen and oxygen atoms in total. The first kappa shape index (κ1) is 23.1. The lowest BCUT2D eigenvalue weighted by Crippen LogP contribution is -2.54. The number of amides is 2. The molecule has 0 unspecified atom stereocenters. The van der Waals surface area contributed by atoms with Crippen molar-refractivity contribution in [2.24, 2.45) is 11.8 Å². The summed E-state index contributed by atoms with van der Waals surface area (Å²) < 4.78 is 23.1. The van der Waals surface area contributed by atoms with E-state index in [0.717, 1.165) is 22.6 Å². The van der Waals surface area contributed by atoms with Crippen LogP contribution in [0.2, 0.25) is 0 Å². The van der Waals surface area contributed by atoms with Gasteiger partial charge in [-0.3, -0.25) is 14.5 Å². The third kappa shape index (κ3) is 3.14. The van der Waals surface area contributed by atoms with Gasteiger partial charge < -0.3 is 23.8 Å². The van der Waals surface area contributed by atoms with Gasteiger partial charge in [0.15, 0.2) is 12.5 Å². The van der Waals surface area contributed by atoms with Crippen LogP contribution >= 0.6 is 0 Å². The molecule has 0 bridgehead atoms. The van der Waals surface area contributed by atoms with E-state index in [9.17, 15) is 9.59 Å². The van der Waals surface area contributed by atoms with Crippen molar-refractivity contribution in [3.8, 4) is 11.5 Å². The molecule has 8 heteroatoms. The molecule has 36 heavy (non-hydrogen) atoms. The summed E-state index contributed by atoms with van der Waals surface area (Å²) >= 11 is 0. The van der Waals surface area contributed by atoms with Crippen molar-refractivity contribution in [2.45, 2.75) is 37.9 Å². The van der Waals surface area contributed by atoms with Crippen LogP contribution in [-0.4, -0.2) is 60.6 Å². The van der Waals surface area contributed by atoms with Crippen molar-refractivity contribution in [3.05, 3.63) is 71.3 Å². The van der Waals surface area contributed by atoms with Gasteiger partial charge in [0.2, 0.25) is 5.91 Å². The van der Waals surface area contributed by atoms with Gasteiger partial charge in [-0.2, -0.15) is 0 Å². The molecular weight excluding hydrogens is 460 g/mol. The summed E-state index contributed by atoms with van der Waals surface area (Å²) in [6.45, 7) is 4.54. The molecule has 0 N–H and O–H groups in total. The van der Waals surface area contributed by atoms with Crippen molar-refractivity contribution in [1.82, 2.24) is 9.80 Å². The highest BCUT2D eigenvalue weighted by atomic mass is 16.5. The fourth-order valence-corrected chi connectivity index (χ4v) is 6.57. The van der Waals surface area contributed by atoms with Crippen molar-refractivity contribution in [2.75, 3.05) is 27.4 Å². The van der Waals surface area contributed by atoms with Crippen LogP contribution in [0.25, 0.3) is 0 Å². The zero-order valence-corrected chi connectivity index (χ0v) is 20.8. The third-order valence-electron chi connectivity index (χ3n) is 8.19. The zero-order valence-electron chi connectivity index (χ0n) is 20.8. The van der Waals surface area contributed by atoms with Crippen LogP contribution in [-0.2, 0) is 19.1 Å². The molecule has 4 aliphatic rings. The Kier molecular flexibility index (Phi) is 5.35. The molecule has 2 amide bonds. The zero-order chi connectivity index (χ0) is 25.2. The topological polar surface area (TPSA) is 77.5 Å². The van der Waals surface area contributed by atoms with Gasteiger partial charge in [-0.05, 0) is 37.3 Å². The highest BCUT2D eigenvalue weighted by molar-refractivity contribution is 5.97. The van der Waals surface area contributed by atoms with Crippen molar-refractivity contribution < 1.29 is 28.5 Å². The maximum atomic E-state index is 13.7. The van der Waals surface area contributed by atoms with Crippen LogP contribution < -0.4 is 9.47 Å². The van der Waals surface area contributed by atoms with Crippen LogP contribution in [0.5, 0.6) is 11.5 Å². The smallest absolute Gasteiger partial charge is 0.252 e. The number of benzene rings is 2. The molecule has 3 fully saturated rings. The lowest BCUT2D eigenvalue weighted by molar-refractivity contribution is -0.139. The Hall–Kier alpha value is -3.36. The molecule has 0 aromatic heterocycles. The number of nitrogens with zero attached hydrogens (tertiary/aromatic N) is 2. The van der Waals surface area contributed by atoms with E-state index in [2.05, 4.69) is 0 Å². The molecule has 0 aliphatic carbocycles. The molecule has 3 saturated heterocycles. The first-order valence-corrected chi connectivity index (χ1v) is 12.3. The minimum Gasteiger partial charge on any atom is -0.497 e. The van der Waals surface area contributed by atoms with E-state index < -0.39 is 18.0 Å². The predicted molar refractivity (Wildman–Crippen MR) is 130 cm³/mol. The second kappa shape index (κ2) is 8.35. The Morgan fingerprint density at radius 1 is 0.889 bits per heavy atom. The Bertz CT molecular complexity index is 1230. The highest BCUT2D eigenvalue weighted by Gasteiger charge is 2.66. The first-order chi connectivity index (χ1) is 17.4. The number of fused-ring (bicyclic) bond motifs is 2. The molecule has 6 atom stereocenters. The summed E-state index contributed by atoms with van der Waals surface area (Å²) in [5.41, 5.74) is 1.74. The quantitative estimate of drug-likeness (QED) is 0.639. The Balaban J connectivity index is 1.35. The van der Waals surface area contributed by atoms with E-state index in [1.165, 1.54) is 0 Å². The molecule has 4 aliphatic heterocycles. The van der Waals surface area contributed by atoms with E-state index in [0.29, 0.717) is 18.8 Å². The van der Waals surface area contributed by atoms with Gasteiger partial charge in [0.05, 0.1) is 39.0 Å². The van der Waals surface area contributed by atoms with Gasteiger partial charge >= 0.3 is 0 Å². The third-order valence-corrected chi connectivity index (χ3v) is 8.19. The summed E-state index contributed by atoms with van der Waals surface area (Å²) in [4.78, 5) is 30.9. The second-order valence-corrected chi connectivity index (χ2v) is 10.0. The van der Waals surface area contributed by atoms with E-state index in [-0.39, 0.29) is 29.7 Å². The van der Waals surface area contributed by atoms with Crippen LogP contribution in [0.1, 0.15) is 37.4 Å². The van der Waals surface area contributed by atoms with Gasteiger partial charge in [-0.15, -0.1) is 0 Å². The Morgan fingerprint density at radius 2 is 1.47 bits per heavy atom. The standard InChI is InChI=1S/C28H30N2O6/c1-16-13-28(15-36-27(30(28)24(16)31)19-7-11-21(34-4)12-8-19)23-17(2)25(32)29-22(23)14-35-26(29)18-5-9-20(33-3)10-6-18/h5-13,17,22-23,26-27H,14-15H2,1-4H3/t17-,22+,23-,26+,27+,28-/m0/s1. The first-order valence-electron chi connectivity index (χ1n) is 12.3. The molecule has 0 saturated carbocycles. The number of rotatable bonds is 5. The number of carbonyl (C=O) groups excluding carboxylic acids is 2. The molecule has 2 aromatic carbocycles. The number of methoxy groups -OCH3 is 2. The van der Waals surface area contributed by atoms with Gasteiger partial charge in [-0.25, -0.2) is 0 Å². The van der Waals surface area contributed by atoms with Crippen LogP contribution in [0.4, 0.5) is 0 Å². The average Bonchev–Trinajstić information content (AvgIpc) is 3.62. The summed E-state index contributed by atoms with van der Waals surface area (Å²) in [6.07, 6.45) is 1.03. The van der Waals surface area contributed by atoms with E-state index in [4.69, 9.17) is 18.9 Å². The summed E-state index contributed by atoms with van der Waals surface area (Å²) in [5, 5.41) is 0. The monoisotopic (exact) mass is 490 g/mol. The Labute approximate surface area is 210 Å². The molecular formula is C28H30N2O6. The number of hydrogen-bond acceptors (Lipinski definition) is 6. The lowest BCUT2D eigenvalue weighted by Gasteiger charge is -2.40. The molecule has 0 radical (unpaired) electrons. The average molecular weight is 491 g/mol. The number of ether oxygens (including phenoxy) is 4. The maximum absolute atomic E-state index is 13.7. The second-order valence-electron chi connectivity index (χ2n) is 10.0. The lowest BCUT2D eigenvalue weighted by atomic mass is 9.74. The van der Waals surface area contributed by atoms with E-state index in [1.54, 1.807) is 14.2 Å². The van der Waals surface area contributed by atoms with Crippen molar-refractivity contribution >= 4 is 11.8 Å². The summed E-state index contributed by atoms with van der Waals surface area (Å²) in [7, 11) is 3.25. The predicted octanol–water partition coefficient (Wildman–Crippen LogP) is 3.45. The van der Waals surface area contributed by atoms with Crippen LogP contribution in [0.15, 0.2) is 60.2 Å². The summed E-state index contributed by atoms with van der Waals surface area (Å²) in [6, 6.07) is 15.0. The fraction of sp³-hybridized carbons (Fsp3) is 0.429. The molecule has 2 aromatic rings. The minimum absolute atomic E-state index is 0.0379. The Morgan fingerprint density at radius 3 is 2.06 bits per heavy atom. The molecule has 6 rings (SSSR count). The van der Waals surface area contributed by atoms with Gasteiger partial charge in [0.25, 0.3) is 5.91 Å². The van der Waals surface area contributed by atoms with E-state index >= 15 is 0 Å². The van der Waals surface area contributed by atoms with Crippen molar-refractivity contribution in [1.29, 1.82) is 0 Å². The van der Waals surface area contributed by atoms with Gasteiger partial charge in [0.1, 0.15) is 11.5 Å². The van der Waals surface area contributed by atoms with Gasteiger partial charge in [-0.1, -0.05) is 31.2 Å². The SMILES string of the molecule is COc1ccc([C@H]2OC[C@@H]3[C@@H]([C@@]45C=C(C)C(=O)N4[C@@H](c4ccc(OC)cc4)OC5)[C@H](C)C(=O)N23)cc1. The maximum Gasteiger partial charge on any atom is 0.252 e. The molecule has 188 valence electrons. The van der Waals surface area contributed by atoms with Gasteiger partial charge in [0, 0.05) is 28.5 Å². The largest absolute Gasteiger partial charge is 0.497 e. The minimum atomic E-state index is -0.724. The number of carbonyl (C=O) groups is 2. The van der Waals surface area contributed by atoms with Crippen LogP contribution in [0, 0.1) is 11.8 Å². The van der Waals surface area contributed by atoms with E-state index in [1.807, 2.05) is 78.3 Å². The molecule has 0 spiro atoms. The van der Waals surface area contributed by atoms with Crippen LogP contribution in [0.3, 0.4) is 0 Å². The normalized spacial score (nSPS) is 33.1. The number of hydrogen-bond donors (Lipinski definition) is 0. The summed E-state index contributed by atoms with van der Waals surface area (Å²) in [5.74, 6) is 1.00. The fourth-order valence-electron chi connectivity index (χ4n) is 6.57. The van der Waals surface area contributed by atoms with Crippen molar-refractivity contribution in [3.63, 3.8) is 0 Å². The molecule has 4 heterocycles. The highest BCUT2D eigenvalue weighted by Crippen LogP contribution is 2.55.